The van der Waals surface area contributed by atoms with Crippen molar-refractivity contribution in [3.05, 3.63) is 179 Å². The molecule has 5 N–H and O–H groups in total. The maximum Gasteiger partial charge on any atom is 0.240 e. The summed E-state index contributed by atoms with van der Waals surface area (Å²) in [5.41, 5.74) is 7.01. The van der Waals surface area contributed by atoms with E-state index in [-0.39, 0.29) is 17.0 Å². The van der Waals surface area contributed by atoms with E-state index in [1.165, 1.54) is 24.0 Å². The number of sulfonamides is 4. The van der Waals surface area contributed by atoms with Gasteiger partial charge in [0.05, 0.1) is 24.5 Å². The lowest BCUT2D eigenvalue weighted by Gasteiger charge is -2.29. The summed E-state index contributed by atoms with van der Waals surface area (Å²) in [4.78, 5) is 6.66. The number of nitrogens with two attached hydrogens (primary N) is 1. The van der Waals surface area contributed by atoms with Crippen molar-refractivity contribution >= 4 is 60.7 Å². The first-order valence-corrected chi connectivity index (χ1v) is 40.6. The van der Waals surface area contributed by atoms with Crippen LogP contribution in [-0.4, -0.2) is 128 Å². The van der Waals surface area contributed by atoms with Crippen molar-refractivity contribution in [2.24, 2.45) is 5.14 Å². The van der Waals surface area contributed by atoms with Crippen molar-refractivity contribution in [1.82, 2.24) is 24.0 Å². The number of hydrogen-bond acceptors (Lipinski definition) is 13. The number of benzene rings is 6. The minimum atomic E-state index is -3.55. The summed E-state index contributed by atoms with van der Waals surface area (Å²) in [7, 11) is -11.6. The Bertz CT molecular complexity index is 3700. The van der Waals surface area contributed by atoms with Crippen LogP contribution in [0.5, 0.6) is 0 Å². The molecule has 17 nitrogen and oxygen atoms in total. The number of likely N-dealkylation sites (N-methyl/N-ethyl adjacent to an activating group) is 1. The van der Waals surface area contributed by atoms with Crippen LogP contribution in [-0.2, 0) is 60.7 Å². The number of hydrogen-bond donors (Lipinski definition) is 4. The summed E-state index contributed by atoms with van der Waals surface area (Å²) >= 11 is 0. The van der Waals surface area contributed by atoms with E-state index in [2.05, 4.69) is 95.4 Å². The summed E-state index contributed by atoms with van der Waals surface area (Å²) in [6, 6.07) is 43.2. The van der Waals surface area contributed by atoms with Crippen molar-refractivity contribution in [2.45, 2.75) is 186 Å². The Balaban J connectivity index is 0.000000291. The predicted octanol–water partition coefficient (Wildman–Crippen LogP) is 12.3. The second kappa shape index (κ2) is 37.3. The van der Waals surface area contributed by atoms with Crippen LogP contribution in [0.2, 0.25) is 0 Å². The molecule has 0 bridgehead atoms. The predicted molar refractivity (Wildman–Crippen MR) is 378 cm³/mol. The zero-order valence-corrected chi connectivity index (χ0v) is 61.9. The van der Waals surface area contributed by atoms with Crippen molar-refractivity contribution in [1.29, 1.82) is 0 Å². The van der Waals surface area contributed by atoms with E-state index in [9.17, 15) is 46.3 Å². The molecule has 2 fully saturated rings. The van der Waals surface area contributed by atoms with Crippen molar-refractivity contribution < 1.29 is 46.3 Å². The minimum absolute atomic E-state index is 0.0565. The molecule has 1 saturated carbocycles. The molecule has 8 rings (SSSR count). The molecule has 1 unspecified atom stereocenters. The van der Waals surface area contributed by atoms with Crippen LogP contribution < -0.4 is 19.3 Å². The van der Waals surface area contributed by atoms with E-state index in [0.29, 0.717) is 68.2 Å². The van der Waals surface area contributed by atoms with Crippen molar-refractivity contribution in [2.75, 3.05) is 59.8 Å². The van der Waals surface area contributed by atoms with Gasteiger partial charge in [-0.1, -0.05) is 156 Å². The number of piperidine rings is 1. The molecule has 1 aliphatic heterocycles. The smallest absolute Gasteiger partial charge is 0.240 e. The van der Waals surface area contributed by atoms with Crippen LogP contribution in [0.3, 0.4) is 0 Å². The van der Waals surface area contributed by atoms with E-state index < -0.39 is 60.7 Å². The van der Waals surface area contributed by atoms with Gasteiger partial charge in [0, 0.05) is 53.4 Å². The highest BCUT2D eigenvalue weighted by Gasteiger charge is 2.28. The lowest BCUT2D eigenvalue weighted by Crippen LogP contribution is -2.43. The van der Waals surface area contributed by atoms with E-state index in [1.54, 1.807) is 66.9 Å². The molecule has 1 heterocycles. The van der Waals surface area contributed by atoms with Gasteiger partial charge >= 0.3 is 0 Å². The fraction of sp³-hybridized carbons (Fsp3) is 0.478. The zero-order chi connectivity index (χ0) is 69.5. The van der Waals surface area contributed by atoms with Gasteiger partial charge < -0.3 is 9.80 Å². The van der Waals surface area contributed by atoms with Gasteiger partial charge in [0.1, 0.15) is 0 Å². The molecule has 1 aliphatic carbocycles. The number of likely N-dealkylation sites (tertiary alicyclic amines) is 1. The molecule has 0 spiro atoms. The molecule has 6 aromatic rings. The maximum absolute atomic E-state index is 12.3. The number of sulfone groups is 1. The second-order valence-corrected chi connectivity index (χ2v) is 35.6. The van der Waals surface area contributed by atoms with Gasteiger partial charge in [-0.25, -0.2) is 61.4 Å². The molecule has 0 amide bonds. The molecule has 0 radical (unpaired) electrons. The fourth-order valence-electron chi connectivity index (χ4n) is 8.67. The van der Waals surface area contributed by atoms with Crippen LogP contribution in [0.25, 0.3) is 0 Å². The Labute approximate surface area is 556 Å². The highest BCUT2D eigenvalue weighted by molar-refractivity contribution is 7.91. The second-order valence-electron chi connectivity index (χ2n) is 25.4. The molecule has 1 atom stereocenters. The standard InChI is InChI=1S/C15H24N2O2S.C13H22N2O2S.C12H17NO2S.C10H14O2S.C10H14OS.C9H13NO2S/c1-12(2)13-4-6-15(7-5-13)20(18,19)16-14-8-10-17(3)11-9-14;1-11(2)12-5-7-13(8-6-12)18(16,17)14-9-10-15(3)4;1-9(2)10-3-7-12(8-4-10)16(14,15)13-11-5-6-11;1-8(2)9-4-6-10(7-5-9)13(3,11)12;1-8(2)9-4-6-10(7-5-9)12(3)11;1-7(2)8-3-5-9(6-4-8)13(10,11)12/h4-7,12,14,16H,8-11H2,1-3H3;5-8,11,14H,9-10H2,1-4H3;3-4,7-9,11,13H,5-6H2,1-2H3;4-8H,1-3H3;4-8H,1-3H3;3-7H,1-2H3,(H2,10,11,12). The van der Waals surface area contributed by atoms with Gasteiger partial charge in [-0.05, 0) is 202 Å². The lowest BCUT2D eigenvalue weighted by atomic mass is 10.0. The van der Waals surface area contributed by atoms with E-state index in [1.807, 2.05) is 106 Å². The number of nitrogens with zero attached hydrogens (tertiary/aromatic N) is 2. The monoisotopic (exact) mass is 1380 g/mol. The largest absolute Gasteiger partial charge is 0.308 e. The molecule has 92 heavy (non-hydrogen) atoms. The Morgan fingerprint density at radius 3 is 0.946 bits per heavy atom. The van der Waals surface area contributed by atoms with Gasteiger partial charge in [0.2, 0.25) is 40.1 Å². The summed E-state index contributed by atoms with van der Waals surface area (Å²) < 4.78 is 135. The molecular weight excluding hydrogens is 1280 g/mol. The topological polar surface area (TPSA) is 256 Å². The molecule has 512 valence electrons. The van der Waals surface area contributed by atoms with Crippen LogP contribution in [0.15, 0.2) is 175 Å². The van der Waals surface area contributed by atoms with Gasteiger partial charge in [0.15, 0.2) is 9.84 Å². The quantitative estimate of drug-likeness (QED) is 0.0555. The van der Waals surface area contributed by atoms with Crippen LogP contribution in [0, 0.1) is 0 Å². The summed E-state index contributed by atoms with van der Waals surface area (Å²) in [6.07, 6.45) is 6.59. The van der Waals surface area contributed by atoms with Crippen molar-refractivity contribution in [3.8, 4) is 0 Å². The third-order valence-electron chi connectivity index (χ3n) is 15.1. The number of nitrogens with one attached hydrogen (secondary N) is 3. The van der Waals surface area contributed by atoms with Gasteiger partial charge in [-0.2, -0.15) is 0 Å². The normalized spacial score (nSPS) is 14.5. The van der Waals surface area contributed by atoms with Crippen LogP contribution in [0.4, 0.5) is 0 Å². The Morgan fingerprint density at radius 1 is 0.435 bits per heavy atom. The van der Waals surface area contributed by atoms with Crippen LogP contribution >= 0.6 is 0 Å². The summed E-state index contributed by atoms with van der Waals surface area (Å²) in [6.45, 7) is 28.1. The third kappa shape index (κ3) is 29.3. The first kappa shape index (κ1) is 81.2. The minimum Gasteiger partial charge on any atom is -0.308 e. The average molecular weight is 1390 g/mol. The molecular formula is C69H104N6O11S6. The first-order chi connectivity index (χ1) is 42.6. The molecule has 23 heteroatoms. The molecule has 1 saturated heterocycles. The maximum atomic E-state index is 12.3. The van der Waals surface area contributed by atoms with Crippen LogP contribution in [0.1, 0.15) is 178 Å². The highest BCUT2D eigenvalue weighted by atomic mass is 32.2. The Kier molecular flexibility index (Phi) is 32.9. The number of primary sulfonamides is 1. The molecule has 2 aliphatic rings. The average Bonchev–Trinajstić information content (AvgIpc) is 1.40. The van der Waals surface area contributed by atoms with Gasteiger partial charge in [0.25, 0.3) is 0 Å². The van der Waals surface area contributed by atoms with E-state index in [4.69, 9.17) is 5.14 Å². The molecule has 0 aromatic heterocycles. The first-order valence-electron chi connectivity index (χ1n) is 31.2. The lowest BCUT2D eigenvalue weighted by molar-refractivity contribution is 0.248. The van der Waals surface area contributed by atoms with E-state index >= 15 is 0 Å². The van der Waals surface area contributed by atoms with Crippen molar-refractivity contribution in [3.63, 3.8) is 0 Å². The Morgan fingerprint density at radius 2 is 0.696 bits per heavy atom. The zero-order valence-electron chi connectivity index (χ0n) is 57.0. The summed E-state index contributed by atoms with van der Waals surface area (Å²) in [5.74, 6) is 2.62. The van der Waals surface area contributed by atoms with Gasteiger partial charge in [-0.15, -0.1) is 0 Å². The summed E-state index contributed by atoms with van der Waals surface area (Å²) in [5, 5.41) is 4.96. The fourth-order valence-corrected chi connectivity index (χ4v) is 14.0. The Hall–Kier alpha value is -5.02. The number of rotatable bonds is 20. The van der Waals surface area contributed by atoms with E-state index in [0.717, 1.165) is 71.5 Å². The molecule has 6 aromatic carbocycles. The third-order valence-corrected chi connectivity index (χ3v) is 22.6. The highest BCUT2D eigenvalue weighted by Crippen LogP contribution is 2.25. The SMILES string of the molecule is CC(C)c1ccc(S(=O)(=O)NC2CC2)cc1.CC(C)c1ccc(S(=O)(=O)NC2CCN(C)CC2)cc1.CC(C)c1ccc(S(=O)(=O)NCCN(C)C)cc1.CC(C)c1ccc(S(C)(=O)=O)cc1.CC(C)c1ccc(S(C)=O)cc1.CC(C)c1ccc(S(N)(=O)=O)cc1. The van der Waals surface area contributed by atoms with Gasteiger partial charge in [-0.3, -0.25) is 4.21 Å².